The van der Waals surface area contributed by atoms with Gasteiger partial charge in [0.1, 0.15) is 0 Å². The fraction of sp³-hybridized carbons (Fsp3) is 0.111. The molecule has 0 N–H and O–H groups in total. The van der Waals surface area contributed by atoms with Gasteiger partial charge in [0, 0.05) is 0 Å². The van der Waals surface area contributed by atoms with Gasteiger partial charge >= 0.3 is 0 Å². The van der Waals surface area contributed by atoms with E-state index in [1.807, 2.05) is 24.3 Å². The third-order valence-corrected chi connectivity index (χ3v) is 1.81. The summed E-state index contributed by atoms with van der Waals surface area (Å²) >= 11 is 10.9. The Balaban J connectivity index is 2.41. The Labute approximate surface area is 90.6 Å². The number of hydrogen-bond donors (Lipinski definition) is 0. The van der Waals surface area contributed by atoms with Crippen molar-refractivity contribution >= 4 is 34.2 Å². The van der Waals surface area contributed by atoms with E-state index < -0.39 is 5.02 Å². The van der Waals surface area contributed by atoms with E-state index in [0.29, 0.717) is 5.88 Å². The number of aromatic nitrogens is 2. The maximum absolute atomic E-state index is 5.44. The highest BCUT2D eigenvalue weighted by Gasteiger charge is 2.03. The van der Waals surface area contributed by atoms with Crippen LogP contribution in [0.25, 0.3) is 11.0 Å². The van der Waals surface area contributed by atoms with Crippen LogP contribution >= 0.6 is 23.2 Å². The molecule has 0 aliphatic carbocycles. The van der Waals surface area contributed by atoms with Crippen LogP contribution in [0.2, 0.25) is 0 Å². The average Bonchev–Trinajstić information content (AvgIpc) is 2.17. The lowest BCUT2D eigenvalue weighted by molar-refractivity contribution is 0.340. The quantitative estimate of drug-likeness (QED) is 0.742. The Kier molecular flexibility index (Phi) is 2.70. The van der Waals surface area contributed by atoms with Gasteiger partial charge in [0.05, 0.1) is 17.2 Å². The highest BCUT2D eigenvalue weighted by Crippen LogP contribution is 2.15. The normalized spacial score (nSPS) is 10.8. The second-order valence-electron chi connectivity index (χ2n) is 2.58. The van der Waals surface area contributed by atoms with Gasteiger partial charge in [-0.25, -0.2) is 9.97 Å². The molecule has 0 saturated carbocycles. The minimum atomic E-state index is -0.925. The van der Waals surface area contributed by atoms with Crippen molar-refractivity contribution in [2.24, 2.45) is 0 Å². The van der Waals surface area contributed by atoms with Crippen molar-refractivity contribution in [3.63, 3.8) is 0 Å². The molecule has 5 heteroatoms. The standard InChI is InChI=1S/C9H6Cl2N2O/c10-9(11)14-8-5-12-6-3-1-2-4-7(6)13-8/h1-5,9H. The van der Waals surface area contributed by atoms with Crippen LogP contribution in [0, 0.1) is 0 Å². The van der Waals surface area contributed by atoms with Crippen LogP contribution in [0.5, 0.6) is 5.88 Å². The second-order valence-corrected chi connectivity index (χ2v) is 3.59. The van der Waals surface area contributed by atoms with Crippen LogP contribution in [-0.2, 0) is 0 Å². The molecule has 0 fully saturated rings. The van der Waals surface area contributed by atoms with Gasteiger partial charge in [-0.2, -0.15) is 0 Å². The number of fused-ring (bicyclic) bond motifs is 1. The molecule has 0 saturated heterocycles. The molecule has 1 aromatic heterocycles. The van der Waals surface area contributed by atoms with Crippen LogP contribution in [0.15, 0.2) is 30.5 Å². The zero-order chi connectivity index (χ0) is 9.97. The first-order valence-corrected chi connectivity index (χ1v) is 4.79. The smallest absolute Gasteiger partial charge is 0.249 e. The molecule has 0 radical (unpaired) electrons. The fourth-order valence-electron chi connectivity index (χ4n) is 1.09. The zero-order valence-electron chi connectivity index (χ0n) is 7.02. The number of ether oxygens (including phenoxy) is 1. The predicted molar refractivity (Wildman–Crippen MR) is 55.7 cm³/mol. The Morgan fingerprint density at radius 2 is 1.86 bits per heavy atom. The third kappa shape index (κ3) is 2.05. The van der Waals surface area contributed by atoms with Gasteiger partial charge in [0.2, 0.25) is 10.9 Å². The number of para-hydroxylation sites is 2. The molecule has 72 valence electrons. The number of rotatable bonds is 2. The molecule has 1 aromatic carbocycles. The van der Waals surface area contributed by atoms with E-state index in [1.54, 1.807) is 0 Å². The van der Waals surface area contributed by atoms with Gasteiger partial charge in [-0.3, -0.25) is 0 Å². The van der Waals surface area contributed by atoms with Gasteiger partial charge in [-0.15, -0.1) is 0 Å². The molecule has 2 aromatic rings. The van der Waals surface area contributed by atoms with E-state index in [0.717, 1.165) is 11.0 Å². The van der Waals surface area contributed by atoms with Crippen molar-refractivity contribution in [3.8, 4) is 5.88 Å². The van der Waals surface area contributed by atoms with Crippen molar-refractivity contribution in [3.05, 3.63) is 30.5 Å². The first kappa shape index (κ1) is 9.49. The first-order valence-electron chi connectivity index (χ1n) is 3.92. The maximum atomic E-state index is 5.44. The molecular formula is C9H6Cl2N2O. The van der Waals surface area contributed by atoms with Crippen molar-refractivity contribution in [2.75, 3.05) is 0 Å². The van der Waals surface area contributed by atoms with Crippen LogP contribution in [0.3, 0.4) is 0 Å². The Bertz CT molecular complexity index is 448. The zero-order valence-corrected chi connectivity index (χ0v) is 8.53. The van der Waals surface area contributed by atoms with Gasteiger partial charge < -0.3 is 4.74 Å². The number of nitrogens with zero attached hydrogens (tertiary/aromatic N) is 2. The van der Waals surface area contributed by atoms with E-state index in [4.69, 9.17) is 27.9 Å². The molecule has 0 aliphatic rings. The largest absolute Gasteiger partial charge is 0.442 e. The number of alkyl halides is 2. The van der Waals surface area contributed by atoms with Crippen molar-refractivity contribution in [1.29, 1.82) is 0 Å². The monoisotopic (exact) mass is 228 g/mol. The minimum Gasteiger partial charge on any atom is -0.442 e. The summed E-state index contributed by atoms with van der Waals surface area (Å²) in [5.74, 6) is 0.318. The molecule has 0 atom stereocenters. The summed E-state index contributed by atoms with van der Waals surface area (Å²) in [7, 11) is 0. The average molecular weight is 229 g/mol. The number of benzene rings is 1. The summed E-state index contributed by atoms with van der Waals surface area (Å²) in [6.07, 6.45) is 1.49. The lowest BCUT2D eigenvalue weighted by Crippen LogP contribution is -2.01. The minimum absolute atomic E-state index is 0.318. The van der Waals surface area contributed by atoms with Gasteiger partial charge in [-0.05, 0) is 12.1 Å². The summed E-state index contributed by atoms with van der Waals surface area (Å²) in [5.41, 5.74) is 1.56. The molecule has 2 rings (SSSR count). The van der Waals surface area contributed by atoms with Crippen molar-refractivity contribution < 1.29 is 4.74 Å². The van der Waals surface area contributed by atoms with E-state index in [9.17, 15) is 0 Å². The van der Waals surface area contributed by atoms with Crippen LogP contribution < -0.4 is 4.74 Å². The van der Waals surface area contributed by atoms with Crippen molar-refractivity contribution in [1.82, 2.24) is 9.97 Å². The molecule has 3 nitrogen and oxygen atoms in total. The lowest BCUT2D eigenvalue weighted by Gasteiger charge is -2.04. The first-order chi connectivity index (χ1) is 6.75. The van der Waals surface area contributed by atoms with Gasteiger partial charge in [0.15, 0.2) is 0 Å². The third-order valence-electron chi connectivity index (χ3n) is 1.64. The molecule has 0 bridgehead atoms. The molecule has 0 unspecified atom stereocenters. The maximum Gasteiger partial charge on any atom is 0.249 e. The van der Waals surface area contributed by atoms with Crippen LogP contribution in [0.1, 0.15) is 0 Å². The summed E-state index contributed by atoms with van der Waals surface area (Å²) in [6.45, 7) is 0. The number of hydrogen-bond acceptors (Lipinski definition) is 3. The molecule has 0 amide bonds. The topological polar surface area (TPSA) is 35.0 Å². The Morgan fingerprint density at radius 1 is 1.14 bits per heavy atom. The number of halogens is 2. The molecule has 0 aliphatic heterocycles. The Hall–Kier alpha value is -1.06. The Morgan fingerprint density at radius 3 is 2.57 bits per heavy atom. The van der Waals surface area contributed by atoms with E-state index in [2.05, 4.69) is 9.97 Å². The SMILES string of the molecule is ClC(Cl)Oc1cnc2ccccc2n1. The summed E-state index contributed by atoms with van der Waals surface area (Å²) < 4.78 is 4.98. The second kappa shape index (κ2) is 3.98. The summed E-state index contributed by atoms with van der Waals surface area (Å²) in [4.78, 5) is 8.29. The molecule has 14 heavy (non-hydrogen) atoms. The van der Waals surface area contributed by atoms with E-state index >= 15 is 0 Å². The van der Waals surface area contributed by atoms with Crippen LogP contribution in [-0.4, -0.2) is 15.0 Å². The predicted octanol–water partition coefficient (Wildman–Crippen LogP) is 2.77. The summed E-state index contributed by atoms with van der Waals surface area (Å²) in [5, 5.41) is -0.925. The molecule has 1 heterocycles. The molecular weight excluding hydrogens is 223 g/mol. The fourth-order valence-corrected chi connectivity index (χ4v) is 1.27. The van der Waals surface area contributed by atoms with Gasteiger partial charge in [-0.1, -0.05) is 35.3 Å². The summed E-state index contributed by atoms with van der Waals surface area (Å²) in [6, 6.07) is 7.47. The van der Waals surface area contributed by atoms with Crippen molar-refractivity contribution in [2.45, 2.75) is 5.02 Å². The van der Waals surface area contributed by atoms with E-state index in [-0.39, 0.29) is 0 Å². The highest BCUT2D eigenvalue weighted by atomic mass is 35.5. The van der Waals surface area contributed by atoms with E-state index in [1.165, 1.54) is 6.20 Å². The van der Waals surface area contributed by atoms with Gasteiger partial charge in [0.25, 0.3) is 0 Å². The highest BCUT2D eigenvalue weighted by molar-refractivity contribution is 6.43. The lowest BCUT2D eigenvalue weighted by atomic mass is 10.3. The van der Waals surface area contributed by atoms with Crippen LogP contribution in [0.4, 0.5) is 0 Å². The molecule has 0 spiro atoms.